The quantitative estimate of drug-likeness (QED) is 0.733. The summed E-state index contributed by atoms with van der Waals surface area (Å²) in [6.07, 6.45) is -6.16. The van der Waals surface area contributed by atoms with Gasteiger partial charge in [-0.25, -0.2) is 0 Å². The van der Waals surface area contributed by atoms with E-state index in [9.17, 15) is 13.2 Å². The molecule has 0 saturated carbocycles. The number of rotatable bonds is 3. The van der Waals surface area contributed by atoms with Gasteiger partial charge in [-0.05, 0) is 12.5 Å². The van der Waals surface area contributed by atoms with Gasteiger partial charge in [0, 0.05) is 6.61 Å². The Kier molecular flexibility index (Phi) is 3.52. The highest BCUT2D eigenvalue weighted by atomic mass is 19.4. The van der Waals surface area contributed by atoms with Crippen LogP contribution in [-0.4, -0.2) is 12.8 Å². The van der Waals surface area contributed by atoms with Crippen molar-refractivity contribution in [2.24, 2.45) is 0 Å². The number of alkyl halides is 3. The molecular formula is C10H11F3O. The van der Waals surface area contributed by atoms with Crippen molar-refractivity contribution in [2.75, 3.05) is 6.61 Å². The van der Waals surface area contributed by atoms with Crippen LogP contribution in [-0.2, 0) is 4.74 Å². The first-order valence-electron chi connectivity index (χ1n) is 4.29. The second-order valence-electron chi connectivity index (χ2n) is 2.79. The molecule has 0 amide bonds. The third-order valence-electron chi connectivity index (χ3n) is 1.73. The molecule has 14 heavy (non-hydrogen) atoms. The maximum atomic E-state index is 12.5. The summed E-state index contributed by atoms with van der Waals surface area (Å²) in [5.74, 6) is 0. The van der Waals surface area contributed by atoms with Gasteiger partial charge in [0.25, 0.3) is 0 Å². The molecule has 78 valence electrons. The van der Waals surface area contributed by atoms with Crippen LogP contribution in [0.4, 0.5) is 13.2 Å². The molecule has 0 bridgehead atoms. The van der Waals surface area contributed by atoms with Gasteiger partial charge in [-0.1, -0.05) is 30.3 Å². The molecule has 0 saturated heterocycles. The second kappa shape index (κ2) is 4.46. The molecule has 0 aliphatic heterocycles. The van der Waals surface area contributed by atoms with E-state index in [0.29, 0.717) is 0 Å². The summed E-state index contributed by atoms with van der Waals surface area (Å²) >= 11 is 0. The monoisotopic (exact) mass is 204 g/mol. The number of hydrogen-bond acceptors (Lipinski definition) is 1. The predicted molar refractivity (Wildman–Crippen MR) is 46.9 cm³/mol. The van der Waals surface area contributed by atoms with Crippen LogP contribution < -0.4 is 0 Å². The maximum absolute atomic E-state index is 12.5. The van der Waals surface area contributed by atoms with Gasteiger partial charge in [-0.15, -0.1) is 0 Å². The number of hydrogen-bond donors (Lipinski definition) is 0. The van der Waals surface area contributed by atoms with Crippen LogP contribution >= 0.6 is 0 Å². The maximum Gasteiger partial charge on any atom is 0.418 e. The molecular weight excluding hydrogens is 193 g/mol. The van der Waals surface area contributed by atoms with Crippen molar-refractivity contribution in [3.05, 3.63) is 35.9 Å². The molecule has 1 aromatic carbocycles. The van der Waals surface area contributed by atoms with Crippen molar-refractivity contribution in [2.45, 2.75) is 19.2 Å². The molecule has 0 fully saturated rings. The molecule has 1 rings (SSSR count). The Morgan fingerprint density at radius 1 is 1.21 bits per heavy atom. The van der Waals surface area contributed by atoms with Crippen LogP contribution in [0.5, 0.6) is 0 Å². The summed E-state index contributed by atoms with van der Waals surface area (Å²) in [7, 11) is 0. The minimum Gasteiger partial charge on any atom is -0.364 e. The fourth-order valence-electron chi connectivity index (χ4n) is 1.17. The molecule has 0 spiro atoms. The lowest BCUT2D eigenvalue weighted by atomic mass is 10.1. The van der Waals surface area contributed by atoms with Gasteiger partial charge in [0.1, 0.15) is 0 Å². The molecule has 0 radical (unpaired) electrons. The molecule has 0 aromatic heterocycles. The minimum atomic E-state index is -4.35. The van der Waals surface area contributed by atoms with Crippen LogP contribution in [0.1, 0.15) is 18.6 Å². The lowest BCUT2D eigenvalue weighted by molar-refractivity contribution is -0.222. The Labute approximate surface area is 80.5 Å². The molecule has 4 heteroatoms. The van der Waals surface area contributed by atoms with Crippen LogP contribution in [0.3, 0.4) is 0 Å². The highest BCUT2D eigenvalue weighted by Gasteiger charge is 2.41. The first kappa shape index (κ1) is 11.0. The molecule has 1 unspecified atom stereocenters. The molecule has 0 heterocycles. The van der Waals surface area contributed by atoms with E-state index >= 15 is 0 Å². The van der Waals surface area contributed by atoms with E-state index in [1.807, 2.05) is 0 Å². The second-order valence-corrected chi connectivity index (χ2v) is 2.79. The van der Waals surface area contributed by atoms with Gasteiger partial charge in [0.2, 0.25) is 0 Å². The van der Waals surface area contributed by atoms with Crippen molar-refractivity contribution >= 4 is 0 Å². The highest BCUT2D eigenvalue weighted by Crippen LogP contribution is 2.35. The zero-order chi connectivity index (χ0) is 10.6. The zero-order valence-corrected chi connectivity index (χ0v) is 7.71. The summed E-state index contributed by atoms with van der Waals surface area (Å²) in [4.78, 5) is 0. The van der Waals surface area contributed by atoms with Crippen LogP contribution in [0.25, 0.3) is 0 Å². The average Bonchev–Trinajstić information content (AvgIpc) is 2.14. The number of halogens is 3. The average molecular weight is 204 g/mol. The Morgan fingerprint density at radius 3 is 2.21 bits per heavy atom. The normalized spacial score (nSPS) is 14.0. The fraction of sp³-hybridized carbons (Fsp3) is 0.400. The van der Waals surface area contributed by atoms with Crippen molar-refractivity contribution in [3.63, 3.8) is 0 Å². The van der Waals surface area contributed by atoms with E-state index in [-0.39, 0.29) is 12.2 Å². The Bertz CT molecular complexity index is 268. The van der Waals surface area contributed by atoms with Crippen molar-refractivity contribution < 1.29 is 17.9 Å². The standard InChI is InChI=1S/C10H11F3O/c1-2-14-9(10(11,12)13)8-6-4-3-5-7-8/h3-7,9H,2H2,1H3. The molecule has 1 atom stereocenters. The van der Waals surface area contributed by atoms with E-state index in [1.165, 1.54) is 12.1 Å². The largest absolute Gasteiger partial charge is 0.418 e. The summed E-state index contributed by atoms with van der Waals surface area (Å²) in [5.41, 5.74) is 0.141. The minimum absolute atomic E-state index is 0.0407. The van der Waals surface area contributed by atoms with E-state index in [4.69, 9.17) is 0 Å². The Balaban J connectivity index is 2.89. The van der Waals surface area contributed by atoms with Gasteiger partial charge in [0.05, 0.1) is 0 Å². The zero-order valence-electron chi connectivity index (χ0n) is 7.71. The van der Waals surface area contributed by atoms with Gasteiger partial charge in [-0.3, -0.25) is 0 Å². The lowest BCUT2D eigenvalue weighted by Gasteiger charge is -2.20. The summed E-state index contributed by atoms with van der Waals surface area (Å²) in [5, 5.41) is 0. The molecule has 0 N–H and O–H groups in total. The molecule has 0 aliphatic rings. The lowest BCUT2D eigenvalue weighted by Crippen LogP contribution is -2.23. The SMILES string of the molecule is CCOC(c1ccccc1)C(F)(F)F. The van der Waals surface area contributed by atoms with Gasteiger partial charge >= 0.3 is 6.18 Å². The van der Waals surface area contributed by atoms with Crippen LogP contribution in [0.2, 0.25) is 0 Å². The third-order valence-corrected chi connectivity index (χ3v) is 1.73. The van der Waals surface area contributed by atoms with Crippen molar-refractivity contribution in [1.82, 2.24) is 0 Å². The van der Waals surface area contributed by atoms with Gasteiger partial charge < -0.3 is 4.74 Å². The summed E-state index contributed by atoms with van der Waals surface area (Å²) in [6.45, 7) is 1.58. The Hall–Kier alpha value is -1.03. The number of ether oxygens (including phenoxy) is 1. The predicted octanol–water partition coefficient (Wildman–Crippen LogP) is 3.33. The van der Waals surface area contributed by atoms with Crippen LogP contribution in [0, 0.1) is 0 Å². The third kappa shape index (κ3) is 2.73. The summed E-state index contributed by atoms with van der Waals surface area (Å²) in [6, 6.07) is 7.62. The van der Waals surface area contributed by atoms with Gasteiger partial charge in [-0.2, -0.15) is 13.2 Å². The first-order valence-corrected chi connectivity index (χ1v) is 4.29. The highest BCUT2D eigenvalue weighted by molar-refractivity contribution is 5.18. The first-order chi connectivity index (χ1) is 6.55. The molecule has 1 aromatic rings. The smallest absolute Gasteiger partial charge is 0.364 e. The molecule has 0 aliphatic carbocycles. The van der Waals surface area contributed by atoms with E-state index in [2.05, 4.69) is 4.74 Å². The number of benzene rings is 1. The topological polar surface area (TPSA) is 9.23 Å². The van der Waals surface area contributed by atoms with E-state index < -0.39 is 12.3 Å². The van der Waals surface area contributed by atoms with E-state index in [1.54, 1.807) is 25.1 Å². The van der Waals surface area contributed by atoms with Gasteiger partial charge in [0.15, 0.2) is 6.10 Å². The van der Waals surface area contributed by atoms with Crippen molar-refractivity contribution in [3.8, 4) is 0 Å². The van der Waals surface area contributed by atoms with E-state index in [0.717, 1.165) is 0 Å². The van der Waals surface area contributed by atoms with Crippen molar-refractivity contribution in [1.29, 1.82) is 0 Å². The van der Waals surface area contributed by atoms with Crippen LogP contribution in [0.15, 0.2) is 30.3 Å². The summed E-state index contributed by atoms with van der Waals surface area (Å²) < 4.78 is 42.1. The molecule has 1 nitrogen and oxygen atoms in total. The fourth-order valence-corrected chi connectivity index (χ4v) is 1.17. The Morgan fingerprint density at radius 2 is 1.79 bits per heavy atom.